The van der Waals surface area contributed by atoms with Gasteiger partial charge in [-0.25, -0.2) is 0 Å². The summed E-state index contributed by atoms with van der Waals surface area (Å²) in [5, 5.41) is 33.7. The minimum absolute atomic E-state index is 0.00387. The molecule has 0 aromatic heterocycles. The highest BCUT2D eigenvalue weighted by Crippen LogP contribution is 2.41. The van der Waals surface area contributed by atoms with E-state index in [9.17, 15) is 10.1 Å². The molecule has 3 saturated carbocycles. The van der Waals surface area contributed by atoms with Crippen LogP contribution in [-0.4, -0.2) is 57.2 Å². The molecule has 3 aliphatic carbocycles. The zero-order chi connectivity index (χ0) is 18.4. The summed E-state index contributed by atoms with van der Waals surface area (Å²) < 4.78 is 0. The number of hydrogen-bond acceptors (Lipinski definition) is 8. The third kappa shape index (κ3) is 3.08. The summed E-state index contributed by atoms with van der Waals surface area (Å²) in [4.78, 5) is 11.0. The molecule has 0 bridgehead atoms. The van der Waals surface area contributed by atoms with E-state index in [2.05, 4.69) is 30.7 Å². The van der Waals surface area contributed by atoms with Crippen molar-refractivity contribution in [3.8, 4) is 0 Å². The van der Waals surface area contributed by atoms with E-state index < -0.39 is 6.04 Å². The van der Waals surface area contributed by atoms with Gasteiger partial charge in [0, 0.05) is 23.8 Å². The van der Waals surface area contributed by atoms with Gasteiger partial charge in [-0.1, -0.05) is 29.7 Å². The van der Waals surface area contributed by atoms with Gasteiger partial charge >= 0.3 is 0 Å². The van der Waals surface area contributed by atoms with Crippen LogP contribution in [0.4, 0.5) is 0 Å². The molecule has 5 aliphatic rings. The Balaban J connectivity index is 1.21. The highest BCUT2D eigenvalue weighted by Gasteiger charge is 2.48. The zero-order valence-electron chi connectivity index (χ0n) is 15.8. The zero-order valence-corrected chi connectivity index (χ0v) is 15.8. The first-order valence-corrected chi connectivity index (χ1v) is 10.7. The first-order chi connectivity index (χ1) is 13.2. The predicted octanol–water partition coefficient (Wildman–Crippen LogP) is 3.54. The Morgan fingerprint density at radius 3 is 2.07 bits per heavy atom. The monoisotopic (exact) mass is 375 g/mol. The maximum atomic E-state index is 11.1. The summed E-state index contributed by atoms with van der Waals surface area (Å²) in [5.41, 5.74) is 0. The molecular formula is C18H29N7O2. The van der Waals surface area contributed by atoms with Crippen molar-refractivity contribution in [2.75, 3.05) is 0 Å². The van der Waals surface area contributed by atoms with E-state index in [-0.39, 0.29) is 23.0 Å². The molecule has 0 N–H and O–H groups in total. The lowest BCUT2D eigenvalue weighted by atomic mass is 9.82. The summed E-state index contributed by atoms with van der Waals surface area (Å²) >= 11 is 0. The highest BCUT2D eigenvalue weighted by atomic mass is 16.6. The molecule has 27 heavy (non-hydrogen) atoms. The van der Waals surface area contributed by atoms with Gasteiger partial charge in [-0.05, 0) is 38.5 Å². The molecule has 5 rings (SSSR count). The Morgan fingerprint density at radius 1 is 0.741 bits per heavy atom. The summed E-state index contributed by atoms with van der Waals surface area (Å²) in [5.74, 6) is 0. The maximum absolute atomic E-state index is 11.1. The van der Waals surface area contributed by atoms with E-state index in [1.165, 1.54) is 32.1 Å². The summed E-state index contributed by atoms with van der Waals surface area (Å²) in [7, 11) is 0. The molecule has 6 atom stereocenters. The lowest BCUT2D eigenvalue weighted by molar-refractivity contribution is -0.527. The van der Waals surface area contributed by atoms with Gasteiger partial charge in [-0.15, -0.1) is 0 Å². The van der Waals surface area contributed by atoms with E-state index in [1.54, 1.807) is 0 Å². The van der Waals surface area contributed by atoms with Crippen LogP contribution in [0, 0.1) is 10.1 Å². The lowest BCUT2D eigenvalue weighted by Crippen LogP contribution is -2.52. The Labute approximate surface area is 159 Å². The van der Waals surface area contributed by atoms with Crippen molar-refractivity contribution in [1.29, 1.82) is 0 Å². The molecule has 0 saturated heterocycles. The van der Waals surface area contributed by atoms with Gasteiger partial charge in [0.15, 0.2) is 0 Å². The predicted molar refractivity (Wildman–Crippen MR) is 97.7 cm³/mol. The van der Waals surface area contributed by atoms with E-state index in [0.29, 0.717) is 31.0 Å². The molecule has 0 spiro atoms. The molecule has 0 radical (unpaired) electrons. The smallest absolute Gasteiger partial charge is 0.215 e. The van der Waals surface area contributed by atoms with Crippen molar-refractivity contribution < 1.29 is 4.92 Å². The number of rotatable bonds is 3. The van der Waals surface area contributed by atoms with Gasteiger partial charge in [-0.3, -0.25) is 20.1 Å². The van der Waals surface area contributed by atoms with Crippen LogP contribution in [0.5, 0.6) is 0 Å². The molecule has 148 valence electrons. The average Bonchev–Trinajstić information content (AvgIpc) is 3.31. The van der Waals surface area contributed by atoms with E-state index >= 15 is 0 Å². The van der Waals surface area contributed by atoms with Crippen molar-refractivity contribution in [3.63, 3.8) is 0 Å². The fourth-order valence-corrected chi connectivity index (χ4v) is 5.93. The van der Waals surface area contributed by atoms with Crippen molar-refractivity contribution in [2.24, 2.45) is 20.7 Å². The Hall–Kier alpha value is -1.80. The van der Waals surface area contributed by atoms with Crippen molar-refractivity contribution >= 4 is 0 Å². The molecule has 2 heterocycles. The Bertz CT molecular complexity index is 635. The normalized spacial score (nSPS) is 41.6. The second-order valence-corrected chi connectivity index (χ2v) is 8.95. The van der Waals surface area contributed by atoms with E-state index in [0.717, 1.165) is 25.7 Å². The van der Waals surface area contributed by atoms with Crippen LogP contribution in [0.1, 0.15) is 70.6 Å². The van der Waals surface area contributed by atoms with E-state index in [4.69, 9.17) is 0 Å². The van der Waals surface area contributed by atoms with Crippen molar-refractivity contribution in [1.82, 2.24) is 10.0 Å². The SMILES string of the molecule is O=[N+]([O-])C1CCC2C(C1)N=NN2C1CCC2C(C1)N=NN2C1CCCCC1. The van der Waals surface area contributed by atoms with Gasteiger partial charge < -0.3 is 0 Å². The van der Waals surface area contributed by atoms with Gasteiger partial charge in [0.1, 0.15) is 6.04 Å². The van der Waals surface area contributed by atoms with Gasteiger partial charge in [0.25, 0.3) is 0 Å². The van der Waals surface area contributed by atoms with Crippen LogP contribution < -0.4 is 0 Å². The molecule has 9 heteroatoms. The Kier molecular flexibility index (Phi) is 4.47. The van der Waals surface area contributed by atoms with Crippen molar-refractivity contribution in [2.45, 2.75) is 113 Å². The minimum atomic E-state index is -0.450. The average molecular weight is 375 g/mol. The number of nitro groups is 1. The van der Waals surface area contributed by atoms with Crippen LogP contribution in [0.15, 0.2) is 20.7 Å². The summed E-state index contributed by atoms with van der Waals surface area (Å²) in [6.45, 7) is 0. The van der Waals surface area contributed by atoms with Crippen molar-refractivity contribution in [3.05, 3.63) is 10.1 Å². The minimum Gasteiger partial charge on any atom is -0.270 e. The van der Waals surface area contributed by atoms with Crippen LogP contribution in [0.3, 0.4) is 0 Å². The first-order valence-electron chi connectivity index (χ1n) is 10.7. The lowest BCUT2D eigenvalue weighted by Gasteiger charge is -2.42. The second kappa shape index (κ2) is 6.98. The highest BCUT2D eigenvalue weighted by molar-refractivity contribution is 5.01. The topological polar surface area (TPSA) is 99.1 Å². The fourth-order valence-electron chi connectivity index (χ4n) is 5.93. The van der Waals surface area contributed by atoms with Gasteiger partial charge in [0.2, 0.25) is 6.04 Å². The third-order valence-corrected chi connectivity index (χ3v) is 7.41. The third-order valence-electron chi connectivity index (χ3n) is 7.41. The second-order valence-electron chi connectivity index (χ2n) is 8.95. The van der Waals surface area contributed by atoms with Crippen LogP contribution >= 0.6 is 0 Å². The molecular weight excluding hydrogens is 346 g/mol. The van der Waals surface area contributed by atoms with Crippen LogP contribution in [-0.2, 0) is 0 Å². The van der Waals surface area contributed by atoms with Gasteiger partial charge in [0.05, 0.1) is 24.2 Å². The standard InChI is InChI=1S/C18H29N7O2/c26-25(27)14-7-9-18-16(11-14)20-22-24(18)13-6-8-17-15(10-13)19-21-23(17)12-4-2-1-3-5-12/h12-18H,1-11H2. The van der Waals surface area contributed by atoms with Crippen LogP contribution in [0.2, 0.25) is 0 Å². The summed E-state index contributed by atoms with van der Waals surface area (Å²) in [6, 6.07) is 1.46. The molecule has 3 fully saturated rings. The number of fused-ring (bicyclic) bond motifs is 2. The molecule has 2 aliphatic heterocycles. The quantitative estimate of drug-likeness (QED) is 0.556. The fraction of sp³-hybridized carbons (Fsp3) is 1.00. The molecule has 0 amide bonds. The Morgan fingerprint density at radius 2 is 1.37 bits per heavy atom. The molecule has 0 aromatic rings. The maximum Gasteiger partial charge on any atom is 0.215 e. The summed E-state index contributed by atoms with van der Waals surface area (Å²) in [6.07, 6.45) is 11.7. The number of nitrogens with zero attached hydrogens (tertiary/aromatic N) is 7. The largest absolute Gasteiger partial charge is 0.270 e. The first kappa shape index (κ1) is 17.3. The van der Waals surface area contributed by atoms with E-state index in [1.807, 2.05) is 0 Å². The van der Waals surface area contributed by atoms with Crippen LogP contribution in [0.25, 0.3) is 0 Å². The van der Waals surface area contributed by atoms with Gasteiger partial charge in [-0.2, -0.15) is 10.2 Å². The molecule has 9 nitrogen and oxygen atoms in total. The molecule has 6 unspecified atom stereocenters. The molecule has 0 aromatic carbocycles. The number of hydrogen-bond donors (Lipinski definition) is 0.